The summed E-state index contributed by atoms with van der Waals surface area (Å²) in [4.78, 5) is 21.5. The number of rotatable bonds is 6. The number of hydrogen-bond donors (Lipinski definition) is 2. The monoisotopic (exact) mass is 366 g/mol. The third-order valence-electron chi connectivity index (χ3n) is 2.94. The summed E-state index contributed by atoms with van der Waals surface area (Å²) < 4.78 is 23.9. The van der Waals surface area contributed by atoms with Crippen LogP contribution in [0.1, 0.15) is 5.56 Å². The molecule has 12 heteroatoms. The molecule has 130 valence electrons. The Morgan fingerprint density at radius 1 is 1.08 bits per heavy atom. The van der Waals surface area contributed by atoms with E-state index in [9.17, 15) is 33.8 Å². The van der Waals surface area contributed by atoms with Gasteiger partial charge in [-0.25, -0.2) is 4.83 Å². The molecule has 0 aromatic heterocycles. The van der Waals surface area contributed by atoms with Crippen LogP contribution in [-0.4, -0.2) is 29.6 Å². The first kappa shape index (κ1) is 17.8. The lowest BCUT2D eigenvalue weighted by molar-refractivity contribution is -0.394. The van der Waals surface area contributed by atoms with Gasteiger partial charge in [0.15, 0.2) is 0 Å². The molecule has 11 nitrogen and oxygen atoms in total. The second-order valence-electron chi connectivity index (χ2n) is 4.58. The second kappa shape index (κ2) is 6.92. The minimum absolute atomic E-state index is 0.0820. The summed E-state index contributed by atoms with van der Waals surface area (Å²) >= 11 is 0. The van der Waals surface area contributed by atoms with E-state index in [1.165, 1.54) is 24.3 Å². The van der Waals surface area contributed by atoms with Gasteiger partial charge in [-0.3, -0.25) is 20.2 Å². The van der Waals surface area contributed by atoms with Crippen molar-refractivity contribution in [3.05, 3.63) is 68.3 Å². The molecule has 2 rings (SSSR count). The Morgan fingerprint density at radius 2 is 1.72 bits per heavy atom. The molecule has 0 atom stereocenters. The Hall–Kier alpha value is -3.54. The van der Waals surface area contributed by atoms with Crippen LogP contribution in [0.3, 0.4) is 0 Å². The first-order valence-corrected chi connectivity index (χ1v) is 7.96. The van der Waals surface area contributed by atoms with Crippen LogP contribution in [0.25, 0.3) is 0 Å². The molecule has 0 radical (unpaired) electrons. The first-order valence-electron chi connectivity index (χ1n) is 6.48. The highest BCUT2D eigenvalue weighted by molar-refractivity contribution is 7.89. The van der Waals surface area contributed by atoms with Crippen molar-refractivity contribution in [3.8, 4) is 5.75 Å². The summed E-state index contributed by atoms with van der Waals surface area (Å²) in [6.07, 6.45) is 0.732. The van der Waals surface area contributed by atoms with Gasteiger partial charge in [-0.2, -0.15) is 13.5 Å². The number of hydrogen-bond acceptors (Lipinski definition) is 8. The van der Waals surface area contributed by atoms with Gasteiger partial charge in [-0.15, -0.1) is 0 Å². The molecule has 0 amide bonds. The average molecular weight is 366 g/mol. The van der Waals surface area contributed by atoms with E-state index in [1.54, 1.807) is 6.07 Å². The van der Waals surface area contributed by atoms with Gasteiger partial charge < -0.3 is 5.11 Å². The Bertz CT molecular complexity index is 958. The highest BCUT2D eigenvalue weighted by atomic mass is 32.2. The van der Waals surface area contributed by atoms with Gasteiger partial charge >= 0.3 is 5.69 Å². The van der Waals surface area contributed by atoms with E-state index >= 15 is 0 Å². The maximum Gasteiger partial charge on any atom is 0.318 e. The lowest BCUT2D eigenvalue weighted by Gasteiger charge is -2.03. The number of nitro benzene ring substituents is 2. The summed E-state index contributed by atoms with van der Waals surface area (Å²) in [6, 6.07) is 8.63. The number of non-ortho nitro benzene ring substituents is 1. The van der Waals surface area contributed by atoms with E-state index in [-0.39, 0.29) is 4.90 Å². The second-order valence-corrected chi connectivity index (χ2v) is 6.24. The predicted molar refractivity (Wildman–Crippen MR) is 85.8 cm³/mol. The van der Waals surface area contributed by atoms with E-state index in [4.69, 9.17) is 0 Å². The van der Waals surface area contributed by atoms with Gasteiger partial charge in [0, 0.05) is 6.07 Å². The number of phenols is 1. The van der Waals surface area contributed by atoms with Crippen LogP contribution in [0.4, 0.5) is 11.4 Å². The van der Waals surface area contributed by atoms with Crippen LogP contribution in [0.2, 0.25) is 0 Å². The van der Waals surface area contributed by atoms with Crippen LogP contribution in [0.5, 0.6) is 5.75 Å². The van der Waals surface area contributed by atoms with Crippen molar-refractivity contribution in [1.29, 1.82) is 0 Å². The Morgan fingerprint density at radius 3 is 2.28 bits per heavy atom. The molecule has 0 aliphatic carbocycles. The quantitative estimate of drug-likeness (QED) is 0.444. The molecule has 0 aliphatic rings. The number of nitrogens with one attached hydrogen (secondary N) is 1. The van der Waals surface area contributed by atoms with Gasteiger partial charge in [-0.05, 0) is 12.1 Å². The standard InChI is InChI=1S/C13H10N4O7S/c18-13-9(6-10(16(19)20)7-12(13)17(21)22)8-14-15-25(23,24)11-4-2-1-3-5-11/h1-8,15,18H. The summed E-state index contributed by atoms with van der Waals surface area (Å²) in [5, 5.41) is 34.8. The first-order chi connectivity index (χ1) is 11.7. The van der Waals surface area contributed by atoms with E-state index in [0.717, 1.165) is 12.3 Å². The third-order valence-corrected chi connectivity index (χ3v) is 4.18. The maximum atomic E-state index is 12.0. The zero-order valence-electron chi connectivity index (χ0n) is 12.3. The van der Waals surface area contributed by atoms with E-state index < -0.39 is 42.6 Å². The molecule has 0 bridgehead atoms. The SMILES string of the molecule is O=[N+]([O-])c1cc(C=NNS(=O)(=O)c2ccccc2)c(O)c([N+](=O)[O-])c1. The third kappa shape index (κ3) is 4.06. The zero-order chi connectivity index (χ0) is 18.6. The van der Waals surface area contributed by atoms with Crippen LogP contribution < -0.4 is 4.83 Å². The lowest BCUT2D eigenvalue weighted by Crippen LogP contribution is -2.18. The molecular formula is C13H10N4O7S. The number of nitrogens with zero attached hydrogens (tertiary/aromatic N) is 3. The zero-order valence-corrected chi connectivity index (χ0v) is 13.1. The predicted octanol–water partition coefficient (Wildman–Crippen LogP) is 1.52. The van der Waals surface area contributed by atoms with Gasteiger partial charge in [0.25, 0.3) is 15.7 Å². The van der Waals surface area contributed by atoms with Gasteiger partial charge in [0.1, 0.15) is 0 Å². The molecule has 0 saturated carbocycles. The van der Waals surface area contributed by atoms with Crippen molar-refractivity contribution in [1.82, 2.24) is 4.83 Å². The molecule has 25 heavy (non-hydrogen) atoms. The highest BCUT2D eigenvalue weighted by Gasteiger charge is 2.23. The average Bonchev–Trinajstić information content (AvgIpc) is 2.56. The smallest absolute Gasteiger partial charge is 0.318 e. The van der Waals surface area contributed by atoms with Crippen molar-refractivity contribution >= 4 is 27.6 Å². The number of sulfonamides is 1. The van der Waals surface area contributed by atoms with E-state index in [1.807, 2.05) is 4.83 Å². The topological polar surface area (TPSA) is 165 Å². The van der Waals surface area contributed by atoms with Crippen LogP contribution in [0.15, 0.2) is 52.5 Å². The number of aromatic hydroxyl groups is 1. The van der Waals surface area contributed by atoms with Crippen LogP contribution >= 0.6 is 0 Å². The van der Waals surface area contributed by atoms with E-state index in [0.29, 0.717) is 6.07 Å². The van der Waals surface area contributed by atoms with Gasteiger partial charge in [0.2, 0.25) is 5.75 Å². The highest BCUT2D eigenvalue weighted by Crippen LogP contribution is 2.33. The minimum Gasteiger partial charge on any atom is -0.502 e. The Kier molecular flexibility index (Phi) is 4.93. The van der Waals surface area contributed by atoms with Gasteiger partial charge in [0.05, 0.1) is 32.6 Å². The Balaban J connectivity index is 2.35. The van der Waals surface area contributed by atoms with Crippen molar-refractivity contribution in [3.63, 3.8) is 0 Å². The van der Waals surface area contributed by atoms with Crippen molar-refractivity contribution in [2.24, 2.45) is 5.10 Å². The fourth-order valence-electron chi connectivity index (χ4n) is 1.79. The number of phenolic OH excluding ortho intramolecular Hbond substituents is 1. The van der Waals surface area contributed by atoms with Gasteiger partial charge in [-0.1, -0.05) is 18.2 Å². The van der Waals surface area contributed by atoms with Crippen molar-refractivity contribution in [2.45, 2.75) is 4.90 Å². The minimum atomic E-state index is -3.99. The molecule has 0 aliphatic heterocycles. The lowest BCUT2D eigenvalue weighted by atomic mass is 10.1. The molecule has 0 spiro atoms. The molecule has 2 N–H and O–H groups in total. The summed E-state index contributed by atoms with van der Waals surface area (Å²) in [5.74, 6) is -0.877. The van der Waals surface area contributed by atoms with E-state index in [2.05, 4.69) is 5.10 Å². The van der Waals surface area contributed by atoms with Crippen molar-refractivity contribution < 1.29 is 23.4 Å². The van der Waals surface area contributed by atoms with Crippen LogP contribution in [-0.2, 0) is 10.0 Å². The molecule has 0 unspecified atom stereocenters. The maximum absolute atomic E-state index is 12.0. The fraction of sp³-hybridized carbons (Fsp3) is 0. The summed E-state index contributed by atoms with van der Waals surface area (Å²) in [7, 11) is -3.99. The molecule has 0 heterocycles. The largest absolute Gasteiger partial charge is 0.502 e. The number of benzene rings is 2. The molecular weight excluding hydrogens is 356 g/mol. The Labute approximate surface area is 140 Å². The summed E-state index contributed by atoms with van der Waals surface area (Å²) in [5.41, 5.74) is -1.95. The summed E-state index contributed by atoms with van der Waals surface area (Å²) in [6.45, 7) is 0. The molecule has 0 saturated heterocycles. The molecule has 2 aromatic rings. The molecule has 2 aromatic carbocycles. The number of nitro groups is 2. The molecule has 0 fully saturated rings. The number of hydrazone groups is 1. The van der Waals surface area contributed by atoms with Crippen molar-refractivity contribution in [2.75, 3.05) is 0 Å². The normalized spacial score (nSPS) is 11.4. The fourth-order valence-corrected chi connectivity index (χ4v) is 2.60. The van der Waals surface area contributed by atoms with Crippen LogP contribution in [0, 0.1) is 20.2 Å².